The van der Waals surface area contributed by atoms with Crippen molar-refractivity contribution in [2.24, 2.45) is 0 Å². The maximum absolute atomic E-state index is 11.1. The van der Waals surface area contributed by atoms with Crippen LogP contribution in [-0.4, -0.2) is 28.7 Å². The summed E-state index contributed by atoms with van der Waals surface area (Å²) in [7, 11) is 0. The van der Waals surface area contributed by atoms with Crippen molar-refractivity contribution in [3.8, 4) is 0 Å². The van der Waals surface area contributed by atoms with Gasteiger partial charge in [0.05, 0.1) is 5.60 Å². The Labute approximate surface area is 64.7 Å². The quantitative estimate of drug-likeness (QED) is 0.501. The third kappa shape index (κ3) is 0.921. The SMILES string of the molecule is C[C@]12C=C[C@H](O1)[C@@H](O)C(=O)C2. The number of carbonyl (C=O) groups is 1. The van der Waals surface area contributed by atoms with Gasteiger partial charge in [0.15, 0.2) is 5.78 Å². The molecule has 1 fully saturated rings. The van der Waals surface area contributed by atoms with E-state index in [1.54, 1.807) is 6.08 Å². The molecule has 1 N–H and O–H groups in total. The molecule has 0 spiro atoms. The van der Waals surface area contributed by atoms with Crippen molar-refractivity contribution in [3.05, 3.63) is 12.2 Å². The Hall–Kier alpha value is -0.670. The first-order valence-corrected chi connectivity index (χ1v) is 3.69. The Morgan fingerprint density at radius 3 is 3.27 bits per heavy atom. The summed E-state index contributed by atoms with van der Waals surface area (Å²) < 4.78 is 5.39. The summed E-state index contributed by atoms with van der Waals surface area (Å²) in [4.78, 5) is 11.1. The third-order valence-electron chi connectivity index (χ3n) is 2.21. The van der Waals surface area contributed by atoms with Gasteiger partial charge in [-0.1, -0.05) is 12.2 Å². The van der Waals surface area contributed by atoms with Gasteiger partial charge in [-0.3, -0.25) is 4.79 Å². The van der Waals surface area contributed by atoms with Crippen LogP contribution in [0.25, 0.3) is 0 Å². The lowest BCUT2D eigenvalue weighted by Crippen LogP contribution is -2.45. The van der Waals surface area contributed by atoms with E-state index in [0.29, 0.717) is 6.42 Å². The van der Waals surface area contributed by atoms with Gasteiger partial charge in [-0.2, -0.15) is 0 Å². The molecule has 0 aromatic rings. The minimum absolute atomic E-state index is 0.117. The molecule has 11 heavy (non-hydrogen) atoms. The smallest absolute Gasteiger partial charge is 0.167 e. The number of Topliss-reactive ketones (excluding diaryl/α,β-unsaturated/α-hetero) is 1. The predicted octanol–water partition coefficient (Wildman–Crippen LogP) is 0.0338. The van der Waals surface area contributed by atoms with Crippen LogP contribution in [0.3, 0.4) is 0 Å². The number of fused-ring (bicyclic) bond motifs is 2. The van der Waals surface area contributed by atoms with Crippen molar-refractivity contribution < 1.29 is 14.6 Å². The fourth-order valence-corrected chi connectivity index (χ4v) is 1.59. The van der Waals surface area contributed by atoms with Gasteiger partial charge in [-0.25, -0.2) is 0 Å². The molecule has 2 aliphatic rings. The van der Waals surface area contributed by atoms with Crippen LogP contribution >= 0.6 is 0 Å². The van der Waals surface area contributed by atoms with Crippen LogP contribution < -0.4 is 0 Å². The standard InChI is InChI=1S/C8H10O3/c1-8-3-2-6(11-8)7(10)5(9)4-8/h2-3,6-7,10H,4H2,1H3/t6-,7-,8+/m0/s1. The molecule has 60 valence electrons. The van der Waals surface area contributed by atoms with E-state index in [1.807, 2.05) is 13.0 Å². The van der Waals surface area contributed by atoms with Gasteiger partial charge < -0.3 is 9.84 Å². The van der Waals surface area contributed by atoms with E-state index in [9.17, 15) is 9.90 Å². The van der Waals surface area contributed by atoms with Crippen molar-refractivity contribution in [2.45, 2.75) is 31.2 Å². The molecule has 3 nitrogen and oxygen atoms in total. The maximum atomic E-state index is 11.1. The van der Waals surface area contributed by atoms with Crippen LogP contribution in [0.4, 0.5) is 0 Å². The van der Waals surface area contributed by atoms with Gasteiger partial charge >= 0.3 is 0 Å². The van der Waals surface area contributed by atoms with Crippen molar-refractivity contribution in [3.63, 3.8) is 0 Å². The minimum atomic E-state index is -0.943. The van der Waals surface area contributed by atoms with Crippen LogP contribution in [0.15, 0.2) is 12.2 Å². The summed E-state index contributed by atoms with van der Waals surface area (Å²) >= 11 is 0. The monoisotopic (exact) mass is 154 g/mol. The lowest BCUT2D eigenvalue weighted by Gasteiger charge is -2.31. The summed E-state index contributed by atoms with van der Waals surface area (Å²) in [5.74, 6) is -0.117. The van der Waals surface area contributed by atoms with Gasteiger partial charge in [-0.15, -0.1) is 0 Å². The molecule has 2 rings (SSSR count). The van der Waals surface area contributed by atoms with Gasteiger partial charge in [-0.05, 0) is 6.92 Å². The second-order valence-corrected chi connectivity index (χ2v) is 3.34. The molecule has 0 aromatic heterocycles. The van der Waals surface area contributed by atoms with E-state index < -0.39 is 17.8 Å². The molecule has 1 saturated heterocycles. The highest BCUT2D eigenvalue weighted by Crippen LogP contribution is 2.33. The molecule has 0 unspecified atom stereocenters. The van der Waals surface area contributed by atoms with E-state index >= 15 is 0 Å². The Morgan fingerprint density at radius 1 is 1.82 bits per heavy atom. The van der Waals surface area contributed by atoms with Gasteiger partial charge in [0, 0.05) is 6.42 Å². The van der Waals surface area contributed by atoms with Gasteiger partial charge in [0.25, 0.3) is 0 Å². The number of aliphatic hydroxyl groups excluding tert-OH is 1. The fraction of sp³-hybridized carbons (Fsp3) is 0.625. The van der Waals surface area contributed by atoms with E-state index in [0.717, 1.165) is 0 Å². The Balaban J connectivity index is 2.30. The van der Waals surface area contributed by atoms with Crippen LogP contribution in [0.2, 0.25) is 0 Å². The molecule has 0 aromatic carbocycles. The molecule has 2 heterocycles. The molecule has 2 aliphatic heterocycles. The number of aliphatic hydroxyl groups is 1. The van der Waals surface area contributed by atoms with Crippen molar-refractivity contribution in [1.29, 1.82) is 0 Å². The molecule has 3 heteroatoms. The molecule has 0 saturated carbocycles. The number of hydrogen-bond donors (Lipinski definition) is 1. The summed E-state index contributed by atoms with van der Waals surface area (Å²) in [6.07, 6.45) is 2.56. The first kappa shape index (κ1) is 7.00. The van der Waals surface area contributed by atoms with Crippen LogP contribution in [-0.2, 0) is 9.53 Å². The summed E-state index contributed by atoms with van der Waals surface area (Å²) in [6.45, 7) is 1.85. The van der Waals surface area contributed by atoms with Gasteiger partial charge in [0.2, 0.25) is 0 Å². The largest absolute Gasteiger partial charge is 0.382 e. The Morgan fingerprint density at radius 2 is 2.55 bits per heavy atom. The van der Waals surface area contributed by atoms with Crippen molar-refractivity contribution in [1.82, 2.24) is 0 Å². The lowest BCUT2D eigenvalue weighted by molar-refractivity contribution is -0.155. The summed E-state index contributed by atoms with van der Waals surface area (Å²) in [6, 6.07) is 0. The van der Waals surface area contributed by atoms with Crippen LogP contribution in [0, 0.1) is 0 Å². The molecular weight excluding hydrogens is 144 g/mol. The highest BCUT2D eigenvalue weighted by atomic mass is 16.5. The van der Waals surface area contributed by atoms with E-state index in [-0.39, 0.29) is 5.78 Å². The van der Waals surface area contributed by atoms with Gasteiger partial charge in [0.1, 0.15) is 12.2 Å². The molecule has 0 amide bonds. The second kappa shape index (κ2) is 1.93. The zero-order valence-electron chi connectivity index (χ0n) is 6.28. The number of ether oxygens (including phenoxy) is 1. The number of rotatable bonds is 0. The first-order chi connectivity index (χ1) is 5.11. The van der Waals surface area contributed by atoms with Crippen LogP contribution in [0.5, 0.6) is 0 Å². The fourth-order valence-electron chi connectivity index (χ4n) is 1.59. The third-order valence-corrected chi connectivity index (χ3v) is 2.21. The number of hydrogen-bond acceptors (Lipinski definition) is 3. The Bertz CT molecular complexity index is 233. The maximum Gasteiger partial charge on any atom is 0.167 e. The predicted molar refractivity (Wildman–Crippen MR) is 38.0 cm³/mol. The van der Waals surface area contributed by atoms with E-state index in [4.69, 9.17) is 4.74 Å². The number of ketones is 1. The minimum Gasteiger partial charge on any atom is -0.382 e. The molecule has 2 bridgehead atoms. The zero-order valence-corrected chi connectivity index (χ0v) is 6.28. The molecule has 0 aliphatic carbocycles. The summed E-state index contributed by atoms with van der Waals surface area (Å²) in [5, 5.41) is 9.25. The van der Waals surface area contributed by atoms with E-state index in [1.165, 1.54) is 0 Å². The van der Waals surface area contributed by atoms with Crippen LogP contribution in [0.1, 0.15) is 13.3 Å². The van der Waals surface area contributed by atoms with E-state index in [2.05, 4.69) is 0 Å². The van der Waals surface area contributed by atoms with Crippen molar-refractivity contribution in [2.75, 3.05) is 0 Å². The molecule has 0 radical (unpaired) electrons. The average Bonchev–Trinajstić information content (AvgIpc) is 2.25. The molecular formula is C8H10O3. The highest BCUT2D eigenvalue weighted by molar-refractivity contribution is 5.86. The average molecular weight is 154 g/mol. The normalized spacial score (nSPS) is 48.4. The lowest BCUT2D eigenvalue weighted by atomic mass is 9.96. The highest BCUT2D eigenvalue weighted by Gasteiger charge is 2.44. The molecule has 3 atom stereocenters. The second-order valence-electron chi connectivity index (χ2n) is 3.34. The Kier molecular flexibility index (Phi) is 1.23. The zero-order chi connectivity index (χ0) is 8.06. The topological polar surface area (TPSA) is 46.5 Å². The number of carbonyl (C=O) groups excluding carboxylic acids is 1. The summed E-state index contributed by atoms with van der Waals surface area (Å²) in [5.41, 5.74) is -0.443. The van der Waals surface area contributed by atoms with Crippen molar-refractivity contribution >= 4 is 5.78 Å². The first-order valence-electron chi connectivity index (χ1n) is 3.69.